The number of rotatable bonds is 3. The van der Waals surface area contributed by atoms with Gasteiger partial charge in [-0.3, -0.25) is 0 Å². The maximum Gasteiger partial charge on any atom is 0.404 e. The zero-order valence-corrected chi connectivity index (χ0v) is 6.22. The smallest absolute Gasteiger partial charge is 0.404 e. The van der Waals surface area contributed by atoms with E-state index in [-0.39, 0.29) is 18.6 Å². The molecule has 0 aliphatic carbocycles. The Labute approximate surface area is 59.9 Å². The van der Waals surface area contributed by atoms with Crippen LogP contribution in [0, 0.1) is 5.41 Å². The fourth-order valence-corrected chi connectivity index (χ4v) is 0.371. The molecule has 1 amide bonds. The first-order valence-electron chi connectivity index (χ1n) is 3.05. The van der Waals surface area contributed by atoms with Gasteiger partial charge < -0.3 is 15.5 Å². The van der Waals surface area contributed by atoms with Crippen LogP contribution in [0.25, 0.3) is 0 Å². The summed E-state index contributed by atoms with van der Waals surface area (Å²) in [5, 5.41) is 19.0. The fourth-order valence-electron chi connectivity index (χ4n) is 0.371. The standard InChI is InChI=1S/C6H13NO3/c1-6(2,4-8)3-7-5(9)10/h7-8H,3-4H2,1-2H3,(H,9,10). The largest absolute Gasteiger partial charge is 0.465 e. The van der Waals surface area contributed by atoms with Crippen LogP contribution in [-0.2, 0) is 0 Å². The summed E-state index contributed by atoms with van der Waals surface area (Å²) in [6, 6.07) is 0. The van der Waals surface area contributed by atoms with Crippen molar-refractivity contribution in [3.8, 4) is 0 Å². The van der Waals surface area contributed by atoms with Gasteiger partial charge in [-0.2, -0.15) is 0 Å². The van der Waals surface area contributed by atoms with Crippen molar-refractivity contribution in [1.82, 2.24) is 5.32 Å². The average Bonchev–Trinajstić information content (AvgIpc) is 1.85. The van der Waals surface area contributed by atoms with Gasteiger partial charge in [-0.1, -0.05) is 13.8 Å². The highest BCUT2D eigenvalue weighted by atomic mass is 16.4. The van der Waals surface area contributed by atoms with Gasteiger partial charge >= 0.3 is 6.09 Å². The van der Waals surface area contributed by atoms with E-state index >= 15 is 0 Å². The summed E-state index contributed by atoms with van der Waals surface area (Å²) in [6.45, 7) is 3.82. The zero-order chi connectivity index (χ0) is 8.20. The number of hydrogen-bond acceptors (Lipinski definition) is 2. The molecule has 0 bridgehead atoms. The molecule has 60 valence electrons. The van der Waals surface area contributed by atoms with E-state index in [0.29, 0.717) is 0 Å². The Kier molecular flexibility index (Phi) is 3.15. The Hall–Kier alpha value is -0.770. The molecule has 0 aliphatic rings. The van der Waals surface area contributed by atoms with E-state index in [0.717, 1.165) is 0 Å². The molecule has 0 saturated carbocycles. The Bertz CT molecular complexity index is 122. The minimum absolute atomic E-state index is 0.0206. The first kappa shape index (κ1) is 9.23. The van der Waals surface area contributed by atoms with Crippen LogP contribution in [0.2, 0.25) is 0 Å². The third-order valence-electron chi connectivity index (χ3n) is 1.15. The van der Waals surface area contributed by atoms with Crippen molar-refractivity contribution in [1.29, 1.82) is 0 Å². The molecule has 0 radical (unpaired) electrons. The highest BCUT2D eigenvalue weighted by Crippen LogP contribution is 2.10. The van der Waals surface area contributed by atoms with Crippen LogP contribution in [0.5, 0.6) is 0 Å². The Morgan fingerprint density at radius 1 is 1.60 bits per heavy atom. The summed E-state index contributed by atoms with van der Waals surface area (Å²) in [6.07, 6.45) is -1.05. The van der Waals surface area contributed by atoms with E-state index in [4.69, 9.17) is 10.2 Å². The topological polar surface area (TPSA) is 69.6 Å². The molecule has 0 rings (SSSR count). The Morgan fingerprint density at radius 2 is 2.10 bits per heavy atom. The summed E-state index contributed by atoms with van der Waals surface area (Å²) < 4.78 is 0. The molecule has 4 heteroatoms. The molecule has 0 aromatic heterocycles. The number of hydrogen-bond donors (Lipinski definition) is 3. The van der Waals surface area contributed by atoms with E-state index in [9.17, 15) is 4.79 Å². The van der Waals surface area contributed by atoms with Gasteiger partial charge in [0.25, 0.3) is 0 Å². The number of carboxylic acid groups (broad SMARTS) is 1. The summed E-state index contributed by atoms with van der Waals surface area (Å²) in [7, 11) is 0. The Morgan fingerprint density at radius 3 is 2.40 bits per heavy atom. The van der Waals surface area contributed by atoms with Crippen molar-refractivity contribution in [3.63, 3.8) is 0 Å². The first-order chi connectivity index (χ1) is 4.48. The van der Waals surface area contributed by atoms with Crippen molar-refractivity contribution in [3.05, 3.63) is 0 Å². The van der Waals surface area contributed by atoms with E-state index in [1.54, 1.807) is 13.8 Å². The number of aliphatic hydroxyl groups excluding tert-OH is 1. The molecule has 10 heavy (non-hydrogen) atoms. The molecular formula is C6H13NO3. The molecule has 0 aromatic rings. The van der Waals surface area contributed by atoms with Gasteiger partial charge in [-0.25, -0.2) is 4.79 Å². The van der Waals surface area contributed by atoms with E-state index in [1.807, 2.05) is 0 Å². The normalized spacial score (nSPS) is 11.1. The summed E-state index contributed by atoms with van der Waals surface area (Å²) in [5.74, 6) is 0. The number of nitrogens with one attached hydrogen (secondary N) is 1. The molecular weight excluding hydrogens is 134 g/mol. The maximum atomic E-state index is 9.97. The van der Waals surface area contributed by atoms with E-state index in [1.165, 1.54) is 0 Å². The highest BCUT2D eigenvalue weighted by Gasteiger charge is 2.16. The molecule has 3 N–H and O–H groups in total. The summed E-state index contributed by atoms with van der Waals surface area (Å²) in [4.78, 5) is 9.97. The Balaban J connectivity index is 3.56. The SMILES string of the molecule is CC(C)(CO)CNC(=O)O. The fraction of sp³-hybridized carbons (Fsp3) is 0.833. The second-order valence-corrected chi connectivity index (χ2v) is 2.98. The molecule has 0 aliphatic heterocycles. The molecule has 0 fully saturated rings. The number of carbonyl (C=O) groups is 1. The maximum absolute atomic E-state index is 9.97. The number of amides is 1. The van der Waals surface area contributed by atoms with Gasteiger partial charge in [0.2, 0.25) is 0 Å². The molecule has 0 atom stereocenters. The quantitative estimate of drug-likeness (QED) is 0.536. The molecule has 0 unspecified atom stereocenters. The molecule has 4 nitrogen and oxygen atoms in total. The lowest BCUT2D eigenvalue weighted by Crippen LogP contribution is -2.35. The first-order valence-corrected chi connectivity index (χ1v) is 3.05. The van der Waals surface area contributed by atoms with Gasteiger partial charge in [0.15, 0.2) is 0 Å². The molecule has 0 aromatic carbocycles. The van der Waals surface area contributed by atoms with Crippen LogP contribution in [0.15, 0.2) is 0 Å². The lowest BCUT2D eigenvalue weighted by molar-refractivity contribution is 0.148. The van der Waals surface area contributed by atoms with Crippen LogP contribution >= 0.6 is 0 Å². The minimum Gasteiger partial charge on any atom is -0.465 e. The van der Waals surface area contributed by atoms with Crippen molar-refractivity contribution in [2.45, 2.75) is 13.8 Å². The monoisotopic (exact) mass is 147 g/mol. The van der Waals surface area contributed by atoms with Crippen LogP contribution < -0.4 is 5.32 Å². The van der Waals surface area contributed by atoms with Crippen LogP contribution in [0.3, 0.4) is 0 Å². The predicted octanol–water partition coefficient (Wildman–Crippen LogP) is 0.273. The molecule has 0 saturated heterocycles. The third kappa shape index (κ3) is 4.14. The van der Waals surface area contributed by atoms with Crippen molar-refractivity contribution < 1.29 is 15.0 Å². The third-order valence-corrected chi connectivity index (χ3v) is 1.15. The van der Waals surface area contributed by atoms with Crippen LogP contribution in [0.4, 0.5) is 4.79 Å². The second-order valence-electron chi connectivity index (χ2n) is 2.98. The van der Waals surface area contributed by atoms with Crippen LogP contribution in [-0.4, -0.2) is 29.5 Å². The van der Waals surface area contributed by atoms with Gasteiger partial charge in [-0.05, 0) is 0 Å². The van der Waals surface area contributed by atoms with Gasteiger partial charge in [-0.15, -0.1) is 0 Å². The predicted molar refractivity (Wildman–Crippen MR) is 36.9 cm³/mol. The van der Waals surface area contributed by atoms with E-state index in [2.05, 4.69) is 5.32 Å². The summed E-state index contributed by atoms with van der Waals surface area (Å²) >= 11 is 0. The van der Waals surface area contributed by atoms with Gasteiger partial charge in [0.1, 0.15) is 0 Å². The number of aliphatic hydroxyl groups is 1. The summed E-state index contributed by atoms with van der Waals surface area (Å²) in [5.41, 5.74) is -0.363. The second kappa shape index (κ2) is 3.41. The van der Waals surface area contributed by atoms with Crippen LogP contribution in [0.1, 0.15) is 13.8 Å². The molecule has 0 heterocycles. The van der Waals surface area contributed by atoms with Crippen molar-refractivity contribution in [2.75, 3.05) is 13.2 Å². The van der Waals surface area contributed by atoms with Gasteiger partial charge in [0, 0.05) is 18.6 Å². The zero-order valence-electron chi connectivity index (χ0n) is 6.22. The lowest BCUT2D eigenvalue weighted by Gasteiger charge is -2.20. The van der Waals surface area contributed by atoms with E-state index < -0.39 is 6.09 Å². The average molecular weight is 147 g/mol. The highest BCUT2D eigenvalue weighted by molar-refractivity contribution is 5.64. The van der Waals surface area contributed by atoms with Crippen molar-refractivity contribution >= 4 is 6.09 Å². The molecule has 0 spiro atoms. The van der Waals surface area contributed by atoms with Crippen molar-refractivity contribution in [2.24, 2.45) is 5.41 Å². The lowest BCUT2D eigenvalue weighted by atomic mass is 9.95. The minimum atomic E-state index is -1.05. The van der Waals surface area contributed by atoms with Gasteiger partial charge in [0.05, 0.1) is 0 Å².